The lowest BCUT2D eigenvalue weighted by Gasteiger charge is -2.26. The highest BCUT2D eigenvalue weighted by atomic mass is 16.6. The second-order valence-corrected chi connectivity index (χ2v) is 11.5. The topological polar surface area (TPSA) is 95.8 Å². The number of ether oxygens (including phenoxy) is 4. The van der Waals surface area contributed by atoms with E-state index in [4.69, 9.17) is 28.9 Å². The molecule has 4 aromatic carbocycles. The number of aromatic nitrogens is 4. The first-order valence-corrected chi connectivity index (χ1v) is 15.8. The van der Waals surface area contributed by atoms with E-state index in [2.05, 4.69) is 34.2 Å². The van der Waals surface area contributed by atoms with E-state index in [1.807, 2.05) is 102 Å². The van der Waals surface area contributed by atoms with Crippen LogP contribution in [0.1, 0.15) is 28.5 Å². The first kappa shape index (κ1) is 30.7. The monoisotopic (exact) mass is 627 g/mol. The summed E-state index contributed by atoms with van der Waals surface area (Å²) < 4.78 is 28.3. The zero-order chi connectivity index (χ0) is 31.7. The van der Waals surface area contributed by atoms with Gasteiger partial charge in [0.05, 0.1) is 39.3 Å². The molecule has 3 heterocycles. The Morgan fingerprint density at radius 3 is 1.83 bits per heavy atom. The number of H-pyrrole nitrogens is 1. The van der Waals surface area contributed by atoms with Gasteiger partial charge in [-0.2, -0.15) is 0 Å². The highest BCUT2D eigenvalue weighted by Gasteiger charge is 2.48. The fourth-order valence-corrected chi connectivity index (χ4v) is 5.78. The Morgan fingerprint density at radius 2 is 1.21 bits per heavy atom. The van der Waals surface area contributed by atoms with Crippen molar-refractivity contribution < 1.29 is 18.9 Å². The summed E-state index contributed by atoms with van der Waals surface area (Å²) in [6, 6.07) is 40.5. The average Bonchev–Trinajstić information content (AvgIpc) is 3.76. The van der Waals surface area contributed by atoms with E-state index in [1.54, 1.807) is 12.7 Å². The number of hydrogen-bond donors (Lipinski definition) is 1. The SMILES string of the molecule is c1ccc(CN=c2ncn([C@@H]3O[C@H](COCc4ccccc4)[C@@H](OCc4ccccc4)[C@H]3OCc3ccccc3)c3nc[nH]c23)cc1. The van der Waals surface area contributed by atoms with E-state index in [0.29, 0.717) is 44.1 Å². The largest absolute Gasteiger partial charge is 0.374 e. The maximum atomic E-state index is 6.80. The highest BCUT2D eigenvalue weighted by molar-refractivity contribution is 5.68. The van der Waals surface area contributed by atoms with Gasteiger partial charge in [0.2, 0.25) is 0 Å². The molecule has 0 amide bonds. The third kappa shape index (κ3) is 7.56. The Kier molecular flexibility index (Phi) is 9.87. The molecule has 0 bridgehead atoms. The summed E-state index contributed by atoms with van der Waals surface area (Å²) in [5.74, 6) is 0. The molecule has 0 radical (unpaired) electrons. The number of fused-ring (bicyclic) bond motifs is 1. The molecule has 1 fully saturated rings. The second kappa shape index (κ2) is 15.1. The van der Waals surface area contributed by atoms with Gasteiger partial charge in [-0.3, -0.25) is 9.56 Å². The van der Waals surface area contributed by atoms with Crippen molar-refractivity contribution in [1.82, 2.24) is 19.5 Å². The molecule has 0 unspecified atom stereocenters. The van der Waals surface area contributed by atoms with E-state index in [0.717, 1.165) is 27.8 Å². The molecule has 7 rings (SSSR count). The predicted molar refractivity (Wildman–Crippen MR) is 178 cm³/mol. The molecule has 47 heavy (non-hydrogen) atoms. The summed E-state index contributed by atoms with van der Waals surface area (Å²) in [6.07, 6.45) is 1.44. The first-order valence-electron chi connectivity index (χ1n) is 15.8. The molecule has 4 atom stereocenters. The molecule has 0 saturated carbocycles. The van der Waals surface area contributed by atoms with Crippen LogP contribution in [-0.2, 0) is 45.3 Å². The summed E-state index contributed by atoms with van der Waals surface area (Å²) in [6.45, 7) is 2.07. The molecule has 238 valence electrons. The van der Waals surface area contributed by atoms with Gasteiger partial charge in [0, 0.05) is 0 Å². The van der Waals surface area contributed by atoms with E-state index in [1.165, 1.54) is 0 Å². The Morgan fingerprint density at radius 1 is 0.660 bits per heavy atom. The Labute approximate surface area is 273 Å². The molecule has 1 aliphatic rings. The Bertz CT molecular complexity index is 1900. The van der Waals surface area contributed by atoms with Crippen LogP contribution < -0.4 is 5.49 Å². The maximum Gasteiger partial charge on any atom is 0.177 e. The highest BCUT2D eigenvalue weighted by Crippen LogP contribution is 2.36. The van der Waals surface area contributed by atoms with Crippen molar-refractivity contribution in [3.8, 4) is 0 Å². The maximum absolute atomic E-state index is 6.80. The molecule has 2 aromatic heterocycles. The first-order chi connectivity index (χ1) is 23.3. The quantitative estimate of drug-likeness (QED) is 0.165. The van der Waals surface area contributed by atoms with Crippen LogP contribution in [0, 0.1) is 0 Å². The van der Waals surface area contributed by atoms with Gasteiger partial charge in [0.25, 0.3) is 0 Å². The minimum absolute atomic E-state index is 0.318. The van der Waals surface area contributed by atoms with Crippen molar-refractivity contribution >= 4 is 11.2 Å². The van der Waals surface area contributed by atoms with Crippen LogP contribution in [0.5, 0.6) is 0 Å². The summed E-state index contributed by atoms with van der Waals surface area (Å²) >= 11 is 0. The van der Waals surface area contributed by atoms with E-state index in [-0.39, 0.29) is 0 Å². The van der Waals surface area contributed by atoms with Crippen molar-refractivity contribution in [3.63, 3.8) is 0 Å². The molecule has 9 heteroatoms. The number of aromatic amines is 1. The van der Waals surface area contributed by atoms with Crippen LogP contribution in [0.3, 0.4) is 0 Å². The summed E-state index contributed by atoms with van der Waals surface area (Å²) in [7, 11) is 0. The number of nitrogens with one attached hydrogen (secondary N) is 1. The van der Waals surface area contributed by atoms with Crippen LogP contribution in [0.25, 0.3) is 11.2 Å². The predicted octanol–water partition coefficient (Wildman–Crippen LogP) is 6.15. The van der Waals surface area contributed by atoms with Crippen molar-refractivity contribution in [2.75, 3.05) is 6.61 Å². The van der Waals surface area contributed by atoms with E-state index in [9.17, 15) is 0 Å². The van der Waals surface area contributed by atoms with Crippen LogP contribution in [-0.4, -0.2) is 44.4 Å². The molecule has 0 aliphatic carbocycles. The standard InChI is InChI=1S/C38H37N5O4/c1-5-13-28(14-6-1)21-39-36-33-37(41-26-40-33)43(27-42-36)38-35(46-24-31-19-11-4-12-20-31)34(45-23-30-17-9-3-10-18-30)32(47-38)25-44-22-29-15-7-2-8-16-29/h1-20,26-27,32,34-35,38H,21-25H2,(H,40,41)/t32-,34-,35-,38-/m1/s1. The minimum Gasteiger partial charge on any atom is -0.374 e. The number of benzene rings is 4. The molecular weight excluding hydrogens is 590 g/mol. The van der Waals surface area contributed by atoms with Crippen molar-refractivity contribution in [3.05, 3.63) is 162 Å². The molecule has 0 spiro atoms. The number of imidazole rings is 1. The number of hydrogen-bond acceptors (Lipinski definition) is 7. The van der Waals surface area contributed by atoms with Crippen LogP contribution >= 0.6 is 0 Å². The zero-order valence-corrected chi connectivity index (χ0v) is 26.0. The average molecular weight is 628 g/mol. The second-order valence-electron chi connectivity index (χ2n) is 11.5. The summed E-state index contributed by atoms with van der Waals surface area (Å²) in [5.41, 5.74) is 6.28. The molecule has 1 aliphatic heterocycles. The lowest BCUT2D eigenvalue weighted by atomic mass is 10.1. The minimum atomic E-state index is -0.591. The van der Waals surface area contributed by atoms with Gasteiger partial charge < -0.3 is 23.9 Å². The summed E-state index contributed by atoms with van der Waals surface area (Å²) in [4.78, 5) is 17.5. The normalized spacial score (nSPS) is 19.8. The van der Waals surface area contributed by atoms with Crippen molar-refractivity contribution in [2.24, 2.45) is 4.99 Å². The van der Waals surface area contributed by atoms with Crippen molar-refractivity contribution in [1.29, 1.82) is 0 Å². The molecule has 1 saturated heterocycles. The smallest absolute Gasteiger partial charge is 0.177 e. The molecule has 6 aromatic rings. The lowest BCUT2D eigenvalue weighted by molar-refractivity contribution is -0.0914. The number of nitrogens with zero attached hydrogens (tertiary/aromatic N) is 4. The van der Waals surface area contributed by atoms with E-state index < -0.39 is 24.5 Å². The Hall–Kier alpha value is -4.93. The molecule has 9 nitrogen and oxygen atoms in total. The van der Waals surface area contributed by atoms with Crippen LogP contribution in [0.2, 0.25) is 0 Å². The van der Waals surface area contributed by atoms with Gasteiger partial charge in [-0.05, 0) is 22.3 Å². The molecular formula is C38H37N5O4. The summed E-state index contributed by atoms with van der Waals surface area (Å²) in [5, 5.41) is 0. The third-order valence-corrected chi connectivity index (χ3v) is 8.17. The molecule has 1 N–H and O–H groups in total. The fraction of sp³-hybridized carbons (Fsp3) is 0.237. The number of rotatable bonds is 13. The lowest BCUT2D eigenvalue weighted by Crippen LogP contribution is -2.38. The third-order valence-electron chi connectivity index (χ3n) is 8.17. The van der Waals surface area contributed by atoms with Gasteiger partial charge in [-0.1, -0.05) is 121 Å². The van der Waals surface area contributed by atoms with E-state index >= 15 is 0 Å². The van der Waals surface area contributed by atoms with Gasteiger partial charge in [-0.25, -0.2) is 9.97 Å². The van der Waals surface area contributed by atoms with Crippen molar-refractivity contribution in [2.45, 2.75) is 50.9 Å². The Balaban J connectivity index is 1.21. The zero-order valence-electron chi connectivity index (χ0n) is 26.0. The fourth-order valence-electron chi connectivity index (χ4n) is 5.78. The van der Waals surface area contributed by atoms with Gasteiger partial charge in [0.15, 0.2) is 17.4 Å². The van der Waals surface area contributed by atoms with Gasteiger partial charge in [0.1, 0.15) is 30.2 Å². The van der Waals surface area contributed by atoms with Gasteiger partial charge in [-0.15, -0.1) is 0 Å². The van der Waals surface area contributed by atoms with Gasteiger partial charge >= 0.3 is 0 Å². The van der Waals surface area contributed by atoms with Crippen LogP contribution in [0.4, 0.5) is 0 Å². The van der Waals surface area contributed by atoms with Crippen LogP contribution in [0.15, 0.2) is 139 Å².